The quantitative estimate of drug-likeness (QED) is 0.778. The van der Waals surface area contributed by atoms with E-state index in [0.717, 1.165) is 34.3 Å². The Labute approximate surface area is 132 Å². The van der Waals surface area contributed by atoms with Crippen LogP contribution >= 0.6 is 15.9 Å². The lowest BCUT2D eigenvalue weighted by molar-refractivity contribution is 0.796. The first kappa shape index (κ1) is 14.3. The van der Waals surface area contributed by atoms with E-state index in [-0.39, 0.29) is 0 Å². The third-order valence-electron chi connectivity index (χ3n) is 3.67. The summed E-state index contributed by atoms with van der Waals surface area (Å²) in [6.07, 6.45) is 0.914. The first-order chi connectivity index (χ1) is 10.2. The van der Waals surface area contributed by atoms with Gasteiger partial charge in [-0.05, 0) is 43.7 Å². The second kappa shape index (κ2) is 6.00. The Balaban J connectivity index is 2.10. The molecule has 3 nitrogen and oxygen atoms in total. The van der Waals surface area contributed by atoms with Gasteiger partial charge in [0.15, 0.2) is 0 Å². The summed E-state index contributed by atoms with van der Waals surface area (Å²) in [6, 6.07) is 14.8. The number of aromatic nitrogens is 2. The summed E-state index contributed by atoms with van der Waals surface area (Å²) in [6.45, 7) is 3.73. The van der Waals surface area contributed by atoms with Gasteiger partial charge in [0, 0.05) is 16.6 Å². The van der Waals surface area contributed by atoms with E-state index in [4.69, 9.17) is 10.7 Å². The van der Waals surface area contributed by atoms with Gasteiger partial charge in [-0.1, -0.05) is 40.2 Å². The van der Waals surface area contributed by atoms with Gasteiger partial charge in [-0.25, -0.2) is 4.98 Å². The van der Waals surface area contributed by atoms with Crippen molar-refractivity contribution in [1.82, 2.24) is 9.55 Å². The van der Waals surface area contributed by atoms with Crippen LogP contribution in [0.5, 0.6) is 0 Å². The number of rotatable bonds is 4. The van der Waals surface area contributed by atoms with Crippen molar-refractivity contribution in [3.8, 4) is 11.4 Å². The molecule has 0 spiro atoms. The van der Waals surface area contributed by atoms with Gasteiger partial charge in [-0.3, -0.25) is 0 Å². The molecule has 1 heterocycles. The first-order valence-corrected chi connectivity index (χ1v) is 7.97. The first-order valence-electron chi connectivity index (χ1n) is 7.18. The van der Waals surface area contributed by atoms with Crippen molar-refractivity contribution in [2.45, 2.75) is 19.9 Å². The molecule has 0 atom stereocenters. The van der Waals surface area contributed by atoms with Gasteiger partial charge in [0.1, 0.15) is 5.82 Å². The molecule has 0 amide bonds. The Hall–Kier alpha value is -1.65. The van der Waals surface area contributed by atoms with Gasteiger partial charge < -0.3 is 10.3 Å². The fraction of sp³-hybridized carbons (Fsp3) is 0.235. The van der Waals surface area contributed by atoms with Crippen molar-refractivity contribution in [1.29, 1.82) is 0 Å². The molecule has 0 saturated heterocycles. The van der Waals surface area contributed by atoms with E-state index >= 15 is 0 Å². The number of benzene rings is 2. The van der Waals surface area contributed by atoms with Crippen molar-refractivity contribution >= 4 is 27.0 Å². The maximum Gasteiger partial charge on any atom is 0.141 e. The molecule has 2 aromatic carbocycles. The third-order valence-corrected chi connectivity index (χ3v) is 4.16. The Morgan fingerprint density at radius 1 is 1.14 bits per heavy atom. The van der Waals surface area contributed by atoms with Gasteiger partial charge in [0.2, 0.25) is 0 Å². The smallest absolute Gasteiger partial charge is 0.141 e. The summed E-state index contributed by atoms with van der Waals surface area (Å²) in [5.74, 6) is 1.02. The molecule has 0 aliphatic rings. The number of hydrogen-bond donors (Lipinski definition) is 1. The summed E-state index contributed by atoms with van der Waals surface area (Å²) >= 11 is 3.51. The molecule has 2 N–H and O–H groups in total. The zero-order valence-electron chi connectivity index (χ0n) is 12.0. The lowest BCUT2D eigenvalue weighted by Gasteiger charge is -2.07. The minimum Gasteiger partial charge on any atom is -0.330 e. The summed E-state index contributed by atoms with van der Waals surface area (Å²) < 4.78 is 3.31. The highest BCUT2D eigenvalue weighted by Gasteiger charge is 2.11. The Bertz CT molecular complexity index is 760. The summed E-state index contributed by atoms with van der Waals surface area (Å²) in [5.41, 5.74) is 10.2. The Kier molecular flexibility index (Phi) is 4.08. The minimum absolute atomic E-state index is 0.681. The standard InChI is InChI=1S/C17H18BrN3/c1-2-21-16-8-7-14(18)11-15(16)20-17(21)13-5-3-12(4-6-13)9-10-19/h3-8,11H,2,9-10,19H2,1H3. The van der Waals surface area contributed by atoms with Crippen LogP contribution in [0, 0.1) is 0 Å². The fourth-order valence-electron chi connectivity index (χ4n) is 2.63. The zero-order chi connectivity index (χ0) is 14.8. The predicted octanol–water partition coefficient (Wildman–Crippen LogP) is 3.99. The van der Waals surface area contributed by atoms with E-state index in [1.807, 2.05) is 0 Å². The van der Waals surface area contributed by atoms with Crippen molar-refractivity contribution in [3.63, 3.8) is 0 Å². The van der Waals surface area contributed by atoms with Crippen molar-refractivity contribution in [3.05, 3.63) is 52.5 Å². The van der Waals surface area contributed by atoms with Crippen LogP contribution in [-0.4, -0.2) is 16.1 Å². The fourth-order valence-corrected chi connectivity index (χ4v) is 2.98. The summed E-state index contributed by atoms with van der Waals surface area (Å²) in [7, 11) is 0. The molecule has 0 bridgehead atoms. The number of aryl methyl sites for hydroxylation is 1. The van der Waals surface area contributed by atoms with Gasteiger partial charge >= 0.3 is 0 Å². The average Bonchev–Trinajstić information content (AvgIpc) is 2.85. The Morgan fingerprint density at radius 2 is 1.90 bits per heavy atom. The van der Waals surface area contributed by atoms with Gasteiger partial charge in [0.25, 0.3) is 0 Å². The molecule has 1 aromatic heterocycles. The van der Waals surface area contributed by atoms with Crippen LogP contribution in [0.2, 0.25) is 0 Å². The highest BCUT2D eigenvalue weighted by atomic mass is 79.9. The molecule has 0 unspecified atom stereocenters. The largest absolute Gasteiger partial charge is 0.330 e. The van der Waals surface area contributed by atoms with Crippen LogP contribution in [-0.2, 0) is 13.0 Å². The molecule has 0 aliphatic carbocycles. The van der Waals surface area contributed by atoms with Crippen LogP contribution in [0.4, 0.5) is 0 Å². The SMILES string of the molecule is CCn1c(-c2ccc(CCN)cc2)nc2cc(Br)ccc21. The Morgan fingerprint density at radius 3 is 2.57 bits per heavy atom. The van der Waals surface area contributed by atoms with Crippen LogP contribution in [0.15, 0.2) is 46.9 Å². The molecule has 0 radical (unpaired) electrons. The van der Waals surface area contributed by atoms with Crippen LogP contribution in [0.1, 0.15) is 12.5 Å². The van der Waals surface area contributed by atoms with E-state index in [0.29, 0.717) is 6.54 Å². The lowest BCUT2D eigenvalue weighted by atomic mass is 10.1. The van der Waals surface area contributed by atoms with E-state index in [2.05, 4.69) is 69.9 Å². The minimum atomic E-state index is 0.681. The maximum absolute atomic E-state index is 5.60. The second-order valence-electron chi connectivity index (χ2n) is 5.05. The van der Waals surface area contributed by atoms with Gasteiger partial charge in [-0.15, -0.1) is 0 Å². The number of halogens is 1. The normalized spacial score (nSPS) is 11.2. The zero-order valence-corrected chi connectivity index (χ0v) is 13.6. The van der Waals surface area contributed by atoms with Crippen LogP contribution < -0.4 is 5.73 Å². The second-order valence-corrected chi connectivity index (χ2v) is 5.96. The van der Waals surface area contributed by atoms with Gasteiger partial charge in [-0.2, -0.15) is 0 Å². The van der Waals surface area contributed by atoms with Crippen molar-refractivity contribution in [2.24, 2.45) is 5.73 Å². The molecule has 3 rings (SSSR count). The third kappa shape index (κ3) is 2.74. The number of imidazole rings is 1. The van der Waals surface area contributed by atoms with E-state index < -0.39 is 0 Å². The molecule has 3 aromatic rings. The van der Waals surface area contributed by atoms with Gasteiger partial charge in [0.05, 0.1) is 11.0 Å². The molecule has 0 aliphatic heterocycles. The monoisotopic (exact) mass is 343 g/mol. The number of nitrogens with two attached hydrogens (primary N) is 1. The highest BCUT2D eigenvalue weighted by molar-refractivity contribution is 9.10. The van der Waals surface area contributed by atoms with E-state index in [9.17, 15) is 0 Å². The topological polar surface area (TPSA) is 43.8 Å². The number of fused-ring (bicyclic) bond motifs is 1. The van der Waals surface area contributed by atoms with E-state index in [1.54, 1.807) is 0 Å². The number of hydrogen-bond acceptors (Lipinski definition) is 2. The van der Waals surface area contributed by atoms with Crippen molar-refractivity contribution < 1.29 is 0 Å². The molecular formula is C17H18BrN3. The predicted molar refractivity (Wildman–Crippen MR) is 91.3 cm³/mol. The molecule has 0 saturated carbocycles. The van der Waals surface area contributed by atoms with Crippen molar-refractivity contribution in [2.75, 3.05) is 6.54 Å². The summed E-state index contributed by atoms with van der Waals surface area (Å²) in [5, 5.41) is 0. The average molecular weight is 344 g/mol. The molecule has 0 fully saturated rings. The van der Waals surface area contributed by atoms with Crippen LogP contribution in [0.25, 0.3) is 22.4 Å². The lowest BCUT2D eigenvalue weighted by Crippen LogP contribution is -2.02. The molecule has 108 valence electrons. The maximum atomic E-state index is 5.60. The molecule has 4 heteroatoms. The van der Waals surface area contributed by atoms with E-state index in [1.165, 1.54) is 11.1 Å². The summed E-state index contributed by atoms with van der Waals surface area (Å²) in [4.78, 5) is 4.80. The number of nitrogens with zero attached hydrogens (tertiary/aromatic N) is 2. The molecular weight excluding hydrogens is 326 g/mol. The highest BCUT2D eigenvalue weighted by Crippen LogP contribution is 2.27. The van der Waals surface area contributed by atoms with Crippen LogP contribution in [0.3, 0.4) is 0 Å². The molecule has 21 heavy (non-hydrogen) atoms.